The average Bonchev–Trinajstić information content (AvgIpc) is 2.82. The van der Waals surface area contributed by atoms with Crippen LogP contribution >= 0.6 is 0 Å². The van der Waals surface area contributed by atoms with Crippen molar-refractivity contribution >= 4 is 10.9 Å². The predicted octanol–water partition coefficient (Wildman–Crippen LogP) is 2.29. The summed E-state index contributed by atoms with van der Waals surface area (Å²) >= 11 is 0. The van der Waals surface area contributed by atoms with Crippen molar-refractivity contribution in [3.63, 3.8) is 0 Å². The van der Waals surface area contributed by atoms with Crippen molar-refractivity contribution in [3.05, 3.63) is 54.4 Å². The minimum Gasteiger partial charge on any atom is -0.237 e. The van der Waals surface area contributed by atoms with Gasteiger partial charge >= 0.3 is 0 Å². The van der Waals surface area contributed by atoms with Gasteiger partial charge in [0.05, 0.1) is 23.3 Å². The van der Waals surface area contributed by atoms with Gasteiger partial charge in [0.25, 0.3) is 0 Å². The van der Waals surface area contributed by atoms with Crippen LogP contribution in [0.15, 0.2) is 48.8 Å². The SMILES string of the molecule is N#Cc1ccc2c(cnn2-c2ccccn2)c1. The molecule has 0 aliphatic rings. The molecule has 0 bridgehead atoms. The Kier molecular flexibility index (Phi) is 2.09. The van der Waals surface area contributed by atoms with E-state index in [-0.39, 0.29) is 0 Å². The zero-order chi connectivity index (χ0) is 11.7. The van der Waals surface area contributed by atoms with Gasteiger partial charge in [-0.3, -0.25) is 0 Å². The Morgan fingerprint density at radius 1 is 1.18 bits per heavy atom. The average molecular weight is 220 g/mol. The Balaban J connectivity index is 2.23. The highest BCUT2D eigenvalue weighted by atomic mass is 15.3. The van der Waals surface area contributed by atoms with Gasteiger partial charge in [-0.15, -0.1) is 0 Å². The van der Waals surface area contributed by atoms with Crippen LogP contribution in [0.3, 0.4) is 0 Å². The molecule has 0 spiro atoms. The van der Waals surface area contributed by atoms with E-state index in [0.717, 1.165) is 16.7 Å². The number of pyridine rings is 1. The van der Waals surface area contributed by atoms with Crippen molar-refractivity contribution in [1.82, 2.24) is 14.8 Å². The van der Waals surface area contributed by atoms with Crippen LogP contribution in [0, 0.1) is 11.3 Å². The lowest BCUT2D eigenvalue weighted by molar-refractivity contribution is 0.875. The Morgan fingerprint density at radius 2 is 2.12 bits per heavy atom. The molecule has 4 nitrogen and oxygen atoms in total. The molecule has 80 valence electrons. The van der Waals surface area contributed by atoms with Crippen molar-refractivity contribution in [2.45, 2.75) is 0 Å². The van der Waals surface area contributed by atoms with Crippen LogP contribution in [0.5, 0.6) is 0 Å². The summed E-state index contributed by atoms with van der Waals surface area (Å²) < 4.78 is 1.76. The summed E-state index contributed by atoms with van der Waals surface area (Å²) in [6.07, 6.45) is 3.47. The second-order valence-electron chi connectivity index (χ2n) is 3.63. The van der Waals surface area contributed by atoms with E-state index in [1.807, 2.05) is 30.3 Å². The molecule has 0 unspecified atom stereocenters. The molecule has 3 aromatic rings. The second kappa shape index (κ2) is 3.72. The van der Waals surface area contributed by atoms with Gasteiger partial charge < -0.3 is 0 Å². The van der Waals surface area contributed by atoms with Gasteiger partial charge in [0.1, 0.15) is 0 Å². The Bertz CT molecular complexity index is 707. The summed E-state index contributed by atoms with van der Waals surface area (Å²) in [5, 5.41) is 14.1. The lowest BCUT2D eigenvalue weighted by atomic mass is 10.2. The Hall–Kier alpha value is -2.67. The fourth-order valence-electron chi connectivity index (χ4n) is 1.76. The quantitative estimate of drug-likeness (QED) is 0.632. The first kappa shape index (κ1) is 9.55. The smallest absolute Gasteiger partial charge is 0.153 e. The molecule has 2 aromatic heterocycles. The molecule has 0 atom stereocenters. The third-order valence-electron chi connectivity index (χ3n) is 2.56. The number of hydrogen-bond acceptors (Lipinski definition) is 3. The molecule has 4 heteroatoms. The summed E-state index contributed by atoms with van der Waals surface area (Å²) in [5.41, 5.74) is 1.58. The summed E-state index contributed by atoms with van der Waals surface area (Å²) in [7, 11) is 0. The fraction of sp³-hybridized carbons (Fsp3) is 0. The number of benzene rings is 1. The number of aromatic nitrogens is 3. The Morgan fingerprint density at radius 3 is 2.88 bits per heavy atom. The van der Waals surface area contributed by atoms with E-state index in [0.29, 0.717) is 5.56 Å². The molecule has 0 aliphatic carbocycles. The Labute approximate surface area is 97.8 Å². The molecule has 0 saturated carbocycles. The lowest BCUT2D eigenvalue weighted by Crippen LogP contribution is -1.97. The van der Waals surface area contributed by atoms with Crippen LogP contribution in [0.4, 0.5) is 0 Å². The van der Waals surface area contributed by atoms with E-state index in [2.05, 4.69) is 16.2 Å². The van der Waals surface area contributed by atoms with Crippen molar-refractivity contribution in [2.24, 2.45) is 0 Å². The van der Waals surface area contributed by atoms with Gasteiger partial charge in [-0.05, 0) is 30.3 Å². The van der Waals surface area contributed by atoms with Crippen LogP contribution < -0.4 is 0 Å². The van der Waals surface area contributed by atoms with E-state index in [1.165, 1.54) is 0 Å². The highest BCUT2D eigenvalue weighted by Crippen LogP contribution is 2.18. The molecule has 0 saturated heterocycles. The zero-order valence-electron chi connectivity index (χ0n) is 8.91. The number of hydrogen-bond donors (Lipinski definition) is 0. The van der Waals surface area contributed by atoms with Gasteiger partial charge in [-0.1, -0.05) is 6.07 Å². The zero-order valence-corrected chi connectivity index (χ0v) is 8.91. The first-order valence-electron chi connectivity index (χ1n) is 5.18. The van der Waals surface area contributed by atoms with Crippen molar-refractivity contribution in [1.29, 1.82) is 5.26 Å². The predicted molar refractivity (Wildman–Crippen MR) is 63.6 cm³/mol. The van der Waals surface area contributed by atoms with Crippen LogP contribution in [0.25, 0.3) is 16.7 Å². The molecule has 17 heavy (non-hydrogen) atoms. The van der Waals surface area contributed by atoms with Gasteiger partial charge in [-0.2, -0.15) is 10.4 Å². The molecule has 0 fully saturated rings. The topological polar surface area (TPSA) is 54.5 Å². The molecule has 3 rings (SSSR count). The third kappa shape index (κ3) is 1.54. The number of fused-ring (bicyclic) bond motifs is 1. The normalized spacial score (nSPS) is 10.3. The summed E-state index contributed by atoms with van der Waals surface area (Å²) in [6.45, 7) is 0. The number of rotatable bonds is 1. The summed E-state index contributed by atoms with van der Waals surface area (Å²) in [4.78, 5) is 4.25. The maximum absolute atomic E-state index is 8.83. The highest BCUT2D eigenvalue weighted by molar-refractivity contribution is 5.81. The number of nitrogens with zero attached hydrogens (tertiary/aromatic N) is 4. The van der Waals surface area contributed by atoms with E-state index in [4.69, 9.17) is 5.26 Å². The van der Waals surface area contributed by atoms with Crippen LogP contribution in [0.2, 0.25) is 0 Å². The molecule has 0 amide bonds. The second-order valence-corrected chi connectivity index (χ2v) is 3.63. The third-order valence-corrected chi connectivity index (χ3v) is 2.56. The highest BCUT2D eigenvalue weighted by Gasteiger charge is 2.05. The van der Waals surface area contributed by atoms with Gasteiger partial charge in [-0.25, -0.2) is 9.67 Å². The van der Waals surface area contributed by atoms with Gasteiger partial charge in [0.15, 0.2) is 5.82 Å². The van der Waals surface area contributed by atoms with Crippen LogP contribution in [-0.2, 0) is 0 Å². The van der Waals surface area contributed by atoms with Crippen LogP contribution in [0.1, 0.15) is 5.56 Å². The molecular weight excluding hydrogens is 212 g/mol. The first-order chi connectivity index (χ1) is 8.38. The van der Waals surface area contributed by atoms with Crippen molar-refractivity contribution in [3.8, 4) is 11.9 Å². The summed E-state index contributed by atoms with van der Waals surface area (Å²) in [6, 6.07) is 13.3. The molecular formula is C13H8N4. The first-order valence-corrected chi connectivity index (χ1v) is 5.18. The van der Waals surface area contributed by atoms with E-state index in [9.17, 15) is 0 Å². The minimum atomic E-state index is 0.637. The van der Waals surface area contributed by atoms with Crippen LogP contribution in [-0.4, -0.2) is 14.8 Å². The number of nitriles is 1. The minimum absolute atomic E-state index is 0.637. The standard InChI is InChI=1S/C13H8N4/c14-8-10-4-5-12-11(7-10)9-16-17(12)13-3-1-2-6-15-13/h1-7,9H. The molecule has 1 aromatic carbocycles. The van der Waals surface area contributed by atoms with Gasteiger partial charge in [0.2, 0.25) is 0 Å². The molecule has 0 N–H and O–H groups in total. The molecule has 0 aliphatic heterocycles. The van der Waals surface area contributed by atoms with Crippen molar-refractivity contribution < 1.29 is 0 Å². The largest absolute Gasteiger partial charge is 0.237 e. The summed E-state index contributed by atoms with van der Waals surface area (Å²) in [5.74, 6) is 0.771. The fourth-order valence-corrected chi connectivity index (χ4v) is 1.76. The van der Waals surface area contributed by atoms with E-state index < -0.39 is 0 Å². The monoisotopic (exact) mass is 220 g/mol. The van der Waals surface area contributed by atoms with E-state index >= 15 is 0 Å². The van der Waals surface area contributed by atoms with Crippen molar-refractivity contribution in [2.75, 3.05) is 0 Å². The molecule has 2 heterocycles. The molecule has 0 radical (unpaired) electrons. The maximum Gasteiger partial charge on any atom is 0.153 e. The van der Waals surface area contributed by atoms with E-state index in [1.54, 1.807) is 23.1 Å². The van der Waals surface area contributed by atoms with Gasteiger partial charge in [0, 0.05) is 11.6 Å². The lowest BCUT2D eigenvalue weighted by Gasteiger charge is -2.01. The maximum atomic E-state index is 8.83.